The van der Waals surface area contributed by atoms with Crippen molar-refractivity contribution in [3.63, 3.8) is 0 Å². The summed E-state index contributed by atoms with van der Waals surface area (Å²) in [6.45, 7) is 7.03. The van der Waals surface area contributed by atoms with Crippen molar-refractivity contribution in [2.24, 2.45) is 4.99 Å². The highest BCUT2D eigenvalue weighted by Crippen LogP contribution is 2.21. The zero-order chi connectivity index (χ0) is 21.7. The van der Waals surface area contributed by atoms with E-state index in [9.17, 15) is 0 Å². The van der Waals surface area contributed by atoms with Crippen LogP contribution >= 0.6 is 24.0 Å². The molecule has 1 saturated carbocycles. The summed E-state index contributed by atoms with van der Waals surface area (Å²) in [6.07, 6.45) is 9.19. The predicted molar refractivity (Wildman–Crippen MR) is 145 cm³/mol. The molecular formula is C25H44IN5O. The largest absolute Gasteiger partial charge is 0.378 e. The third-order valence-electron chi connectivity index (χ3n) is 6.68. The molecule has 0 aromatic heterocycles. The van der Waals surface area contributed by atoms with Crippen LogP contribution in [0, 0.1) is 0 Å². The lowest BCUT2D eigenvalue weighted by Gasteiger charge is -2.32. The van der Waals surface area contributed by atoms with Crippen LogP contribution in [0.4, 0.5) is 0 Å². The second-order valence-electron chi connectivity index (χ2n) is 9.03. The monoisotopic (exact) mass is 557 g/mol. The molecule has 6 nitrogen and oxygen atoms in total. The van der Waals surface area contributed by atoms with Crippen LogP contribution in [0.25, 0.3) is 0 Å². The number of rotatable bonds is 11. The maximum absolute atomic E-state index is 6.13. The molecule has 0 atom stereocenters. The van der Waals surface area contributed by atoms with E-state index in [1.165, 1.54) is 31.2 Å². The SMILES string of the molecule is CN=C(NCCCOC1CCN(Cc2ccccc2)CC1)NCCN(C)C1CCCC1.I. The van der Waals surface area contributed by atoms with Gasteiger partial charge in [-0.2, -0.15) is 0 Å². The molecule has 1 aromatic rings. The first kappa shape index (κ1) is 27.3. The third-order valence-corrected chi connectivity index (χ3v) is 6.68. The van der Waals surface area contributed by atoms with Crippen molar-refractivity contribution in [2.45, 2.75) is 63.6 Å². The molecule has 0 bridgehead atoms. The molecule has 1 aromatic carbocycles. The molecule has 182 valence electrons. The van der Waals surface area contributed by atoms with Crippen molar-refractivity contribution < 1.29 is 4.74 Å². The number of likely N-dealkylation sites (N-methyl/N-ethyl adjacent to an activating group) is 1. The maximum Gasteiger partial charge on any atom is 0.191 e. The van der Waals surface area contributed by atoms with Crippen LogP contribution in [0.15, 0.2) is 35.3 Å². The molecular weight excluding hydrogens is 513 g/mol. The van der Waals surface area contributed by atoms with Crippen LogP contribution in [0.1, 0.15) is 50.5 Å². The van der Waals surface area contributed by atoms with Gasteiger partial charge in [0.2, 0.25) is 0 Å². The Morgan fingerprint density at radius 3 is 2.44 bits per heavy atom. The molecule has 0 radical (unpaired) electrons. The number of nitrogens with zero attached hydrogens (tertiary/aromatic N) is 3. The summed E-state index contributed by atoms with van der Waals surface area (Å²) in [4.78, 5) is 9.37. The Kier molecular flexibility index (Phi) is 13.5. The van der Waals surface area contributed by atoms with Crippen LogP contribution in [-0.2, 0) is 11.3 Å². The van der Waals surface area contributed by atoms with E-state index in [1.807, 2.05) is 7.05 Å². The minimum atomic E-state index is 0. The first-order valence-corrected chi connectivity index (χ1v) is 12.3. The first-order chi connectivity index (χ1) is 15.2. The summed E-state index contributed by atoms with van der Waals surface area (Å²) >= 11 is 0. The Hall–Kier alpha value is -0.900. The second kappa shape index (κ2) is 15.9. The van der Waals surface area contributed by atoms with Crippen molar-refractivity contribution in [1.29, 1.82) is 0 Å². The number of halogens is 1. The van der Waals surface area contributed by atoms with Gasteiger partial charge < -0.3 is 20.3 Å². The molecule has 0 spiro atoms. The summed E-state index contributed by atoms with van der Waals surface area (Å²) in [5.74, 6) is 0.897. The highest BCUT2D eigenvalue weighted by atomic mass is 127. The van der Waals surface area contributed by atoms with Gasteiger partial charge in [-0.15, -0.1) is 24.0 Å². The van der Waals surface area contributed by atoms with Crippen LogP contribution in [-0.4, -0.2) is 81.3 Å². The molecule has 2 aliphatic rings. The number of hydrogen-bond acceptors (Lipinski definition) is 4. The standard InChI is InChI=1S/C25H43N5O.HI/c1-26-25(28-16-19-29(2)23-11-6-7-12-23)27-15-8-20-31-24-13-17-30(18-14-24)21-22-9-4-3-5-10-22;/h3-5,9-10,23-24H,6-8,11-21H2,1-2H3,(H2,26,27,28);1H. The Morgan fingerprint density at radius 1 is 1.06 bits per heavy atom. The average Bonchev–Trinajstić information content (AvgIpc) is 3.34. The summed E-state index contributed by atoms with van der Waals surface area (Å²) in [5.41, 5.74) is 1.40. The maximum atomic E-state index is 6.13. The molecule has 1 aliphatic heterocycles. The Bertz CT molecular complexity index is 630. The Balaban J connectivity index is 0.00000363. The van der Waals surface area contributed by atoms with Gasteiger partial charge in [0.15, 0.2) is 5.96 Å². The van der Waals surface area contributed by atoms with Gasteiger partial charge in [-0.3, -0.25) is 9.89 Å². The van der Waals surface area contributed by atoms with E-state index in [0.29, 0.717) is 6.10 Å². The Morgan fingerprint density at radius 2 is 1.75 bits per heavy atom. The van der Waals surface area contributed by atoms with Gasteiger partial charge in [0.1, 0.15) is 0 Å². The number of piperidine rings is 1. The Labute approximate surface area is 212 Å². The summed E-state index contributed by atoms with van der Waals surface area (Å²) in [5, 5.41) is 6.86. The highest BCUT2D eigenvalue weighted by molar-refractivity contribution is 14.0. The number of hydrogen-bond donors (Lipinski definition) is 2. The van der Waals surface area contributed by atoms with Gasteiger partial charge in [0.25, 0.3) is 0 Å². The summed E-state index contributed by atoms with van der Waals surface area (Å²) in [6, 6.07) is 11.5. The summed E-state index contributed by atoms with van der Waals surface area (Å²) in [7, 11) is 4.09. The van der Waals surface area contributed by atoms with Gasteiger partial charge in [-0.05, 0) is 44.7 Å². The number of guanidine groups is 1. The van der Waals surface area contributed by atoms with Crippen molar-refractivity contribution in [1.82, 2.24) is 20.4 Å². The lowest BCUT2D eigenvalue weighted by Crippen LogP contribution is -2.43. The third kappa shape index (κ3) is 9.93. The molecule has 0 unspecified atom stereocenters. The molecule has 1 saturated heterocycles. The zero-order valence-electron chi connectivity index (χ0n) is 20.1. The van der Waals surface area contributed by atoms with Crippen LogP contribution in [0.5, 0.6) is 0 Å². The zero-order valence-corrected chi connectivity index (χ0v) is 22.4. The van der Waals surface area contributed by atoms with E-state index in [0.717, 1.165) is 77.1 Å². The van der Waals surface area contributed by atoms with Crippen molar-refractivity contribution in [3.8, 4) is 0 Å². The number of aliphatic imine (C=N–C) groups is 1. The fourth-order valence-corrected chi connectivity index (χ4v) is 4.70. The van der Waals surface area contributed by atoms with Crippen LogP contribution in [0.2, 0.25) is 0 Å². The van der Waals surface area contributed by atoms with Crippen LogP contribution in [0.3, 0.4) is 0 Å². The molecule has 2 N–H and O–H groups in total. The number of likely N-dealkylation sites (tertiary alicyclic amines) is 1. The molecule has 3 rings (SSSR count). The van der Waals surface area contributed by atoms with E-state index in [4.69, 9.17) is 4.74 Å². The fraction of sp³-hybridized carbons (Fsp3) is 0.720. The molecule has 1 heterocycles. The quantitative estimate of drug-likeness (QED) is 0.188. The van der Waals surface area contributed by atoms with Crippen molar-refractivity contribution in [2.75, 3.05) is 53.4 Å². The molecule has 0 amide bonds. The predicted octanol–water partition coefficient (Wildman–Crippen LogP) is 3.72. The molecule has 7 heteroatoms. The second-order valence-corrected chi connectivity index (χ2v) is 9.03. The minimum Gasteiger partial charge on any atom is -0.378 e. The van der Waals surface area contributed by atoms with Crippen LogP contribution < -0.4 is 10.6 Å². The topological polar surface area (TPSA) is 52.1 Å². The lowest BCUT2D eigenvalue weighted by atomic mass is 10.1. The number of ether oxygens (including phenoxy) is 1. The van der Waals surface area contributed by atoms with Crippen molar-refractivity contribution in [3.05, 3.63) is 35.9 Å². The average molecular weight is 558 g/mol. The lowest BCUT2D eigenvalue weighted by molar-refractivity contribution is 0.00534. The van der Waals surface area contributed by atoms with E-state index < -0.39 is 0 Å². The van der Waals surface area contributed by atoms with Gasteiger partial charge in [0, 0.05) is 59.0 Å². The van der Waals surface area contributed by atoms with Gasteiger partial charge in [-0.1, -0.05) is 43.2 Å². The highest BCUT2D eigenvalue weighted by Gasteiger charge is 2.20. The van der Waals surface area contributed by atoms with E-state index in [1.54, 1.807) is 0 Å². The molecule has 32 heavy (non-hydrogen) atoms. The number of nitrogens with one attached hydrogen (secondary N) is 2. The molecule has 2 fully saturated rings. The van der Waals surface area contributed by atoms with Crippen molar-refractivity contribution >= 4 is 29.9 Å². The first-order valence-electron chi connectivity index (χ1n) is 12.3. The van der Waals surface area contributed by atoms with Gasteiger partial charge in [0.05, 0.1) is 6.10 Å². The normalized spacial score (nSPS) is 18.7. The molecule has 1 aliphatic carbocycles. The smallest absolute Gasteiger partial charge is 0.191 e. The minimum absolute atomic E-state index is 0. The van der Waals surface area contributed by atoms with E-state index >= 15 is 0 Å². The van der Waals surface area contributed by atoms with Gasteiger partial charge >= 0.3 is 0 Å². The fourth-order valence-electron chi connectivity index (χ4n) is 4.70. The summed E-state index contributed by atoms with van der Waals surface area (Å²) < 4.78 is 6.13. The van der Waals surface area contributed by atoms with E-state index in [2.05, 4.69) is 62.8 Å². The number of benzene rings is 1. The van der Waals surface area contributed by atoms with E-state index in [-0.39, 0.29) is 24.0 Å². The van der Waals surface area contributed by atoms with Gasteiger partial charge in [-0.25, -0.2) is 0 Å².